The van der Waals surface area contributed by atoms with E-state index in [9.17, 15) is 9.59 Å². The van der Waals surface area contributed by atoms with Gasteiger partial charge in [0.2, 0.25) is 5.91 Å². The van der Waals surface area contributed by atoms with Crippen molar-refractivity contribution in [3.05, 3.63) is 72.4 Å². The molecule has 0 aliphatic carbocycles. The molecule has 0 radical (unpaired) electrons. The molecule has 35 heavy (non-hydrogen) atoms. The van der Waals surface area contributed by atoms with Gasteiger partial charge in [0.15, 0.2) is 0 Å². The summed E-state index contributed by atoms with van der Waals surface area (Å²) in [5, 5.41) is 7.79. The van der Waals surface area contributed by atoms with Crippen LogP contribution in [0.25, 0.3) is 16.9 Å². The maximum absolute atomic E-state index is 13.6. The first kappa shape index (κ1) is 24.7. The van der Waals surface area contributed by atoms with E-state index in [-0.39, 0.29) is 23.7 Å². The van der Waals surface area contributed by atoms with E-state index in [1.54, 1.807) is 11.8 Å². The fourth-order valence-corrected chi connectivity index (χ4v) is 4.63. The fraction of sp³-hybridized carbons (Fsp3) is 0.393. The smallest absolute Gasteiger partial charge is 0.257 e. The van der Waals surface area contributed by atoms with Gasteiger partial charge in [-0.2, -0.15) is 5.10 Å². The van der Waals surface area contributed by atoms with E-state index in [2.05, 4.69) is 5.32 Å². The molecule has 1 unspecified atom stereocenters. The van der Waals surface area contributed by atoms with Crippen LogP contribution in [0.3, 0.4) is 0 Å². The molecule has 1 fully saturated rings. The van der Waals surface area contributed by atoms with Gasteiger partial charge in [0.25, 0.3) is 5.91 Å². The fourth-order valence-electron chi connectivity index (χ4n) is 4.63. The number of nitrogens with zero attached hydrogens (tertiary/aromatic N) is 3. The Kier molecular flexibility index (Phi) is 8.32. The topological polar surface area (TPSA) is 76.5 Å². The van der Waals surface area contributed by atoms with Gasteiger partial charge in [-0.05, 0) is 37.3 Å². The predicted octanol–water partition coefficient (Wildman–Crippen LogP) is 4.18. The molecule has 1 atom stereocenters. The van der Waals surface area contributed by atoms with Gasteiger partial charge < -0.3 is 15.0 Å². The predicted molar refractivity (Wildman–Crippen MR) is 136 cm³/mol. The Labute approximate surface area is 207 Å². The number of methoxy groups -OCH3 is 1. The molecule has 7 heteroatoms. The van der Waals surface area contributed by atoms with E-state index in [1.807, 2.05) is 78.7 Å². The molecular formula is C28H34N4O3. The van der Waals surface area contributed by atoms with E-state index < -0.39 is 0 Å². The standard InChI is InChI=1S/C28H34N4O3/c1-21(27(33)29-16-9-19-35-2)22-14-17-31(18-15-22)28(34)25-20-32(24-12-7-4-8-13-24)30-26(25)23-10-5-3-6-11-23/h3-8,10-13,20-22H,9,14-19H2,1-2H3,(H,29,33). The Bertz CT molecular complexity index is 1110. The van der Waals surface area contributed by atoms with E-state index >= 15 is 0 Å². The summed E-state index contributed by atoms with van der Waals surface area (Å²) in [6.45, 7) is 4.53. The number of ether oxygens (including phenoxy) is 1. The van der Waals surface area contributed by atoms with E-state index in [0.717, 1.165) is 30.5 Å². The number of piperidine rings is 1. The summed E-state index contributed by atoms with van der Waals surface area (Å²) in [5.41, 5.74) is 3.11. The van der Waals surface area contributed by atoms with Crippen molar-refractivity contribution in [2.45, 2.75) is 26.2 Å². The van der Waals surface area contributed by atoms with Gasteiger partial charge in [0.05, 0.1) is 11.3 Å². The quantitative estimate of drug-likeness (QED) is 0.472. The second-order valence-corrected chi connectivity index (χ2v) is 9.09. The number of amides is 2. The van der Waals surface area contributed by atoms with Gasteiger partial charge >= 0.3 is 0 Å². The average molecular weight is 475 g/mol. The zero-order valence-electron chi connectivity index (χ0n) is 20.5. The molecular weight excluding hydrogens is 440 g/mol. The third-order valence-corrected chi connectivity index (χ3v) is 6.78. The number of carbonyl (C=O) groups is 2. The second-order valence-electron chi connectivity index (χ2n) is 9.09. The van der Waals surface area contributed by atoms with Crippen molar-refractivity contribution in [3.8, 4) is 16.9 Å². The molecule has 2 heterocycles. The highest BCUT2D eigenvalue weighted by molar-refractivity contribution is 6.00. The Morgan fingerprint density at radius 3 is 2.37 bits per heavy atom. The average Bonchev–Trinajstić information content (AvgIpc) is 3.37. The molecule has 3 aromatic rings. The molecule has 0 saturated carbocycles. The zero-order valence-corrected chi connectivity index (χ0v) is 20.5. The lowest BCUT2D eigenvalue weighted by Crippen LogP contribution is -2.43. The van der Waals surface area contributed by atoms with Crippen LogP contribution in [0.2, 0.25) is 0 Å². The first-order chi connectivity index (χ1) is 17.1. The first-order valence-corrected chi connectivity index (χ1v) is 12.3. The lowest BCUT2D eigenvalue weighted by molar-refractivity contribution is -0.126. The van der Waals surface area contributed by atoms with Crippen molar-refractivity contribution < 1.29 is 14.3 Å². The minimum atomic E-state index is -0.0736. The molecule has 7 nitrogen and oxygen atoms in total. The van der Waals surface area contributed by atoms with Crippen LogP contribution < -0.4 is 5.32 Å². The summed E-state index contributed by atoms with van der Waals surface area (Å²) in [6, 6.07) is 19.7. The molecule has 1 aliphatic rings. The maximum Gasteiger partial charge on any atom is 0.257 e. The van der Waals surface area contributed by atoms with Crippen LogP contribution in [-0.4, -0.2) is 59.8 Å². The van der Waals surface area contributed by atoms with Gasteiger partial charge in [0, 0.05) is 51.0 Å². The summed E-state index contributed by atoms with van der Waals surface area (Å²) in [4.78, 5) is 28.1. The maximum atomic E-state index is 13.6. The number of hydrogen-bond donors (Lipinski definition) is 1. The van der Waals surface area contributed by atoms with Gasteiger partial charge in [-0.3, -0.25) is 9.59 Å². The molecule has 2 aromatic carbocycles. The lowest BCUT2D eigenvalue weighted by atomic mass is 9.84. The molecule has 1 N–H and O–H groups in total. The minimum absolute atomic E-state index is 0.0128. The number of carbonyl (C=O) groups excluding carboxylic acids is 2. The van der Waals surface area contributed by atoms with Crippen LogP contribution in [0.5, 0.6) is 0 Å². The Morgan fingerprint density at radius 2 is 1.71 bits per heavy atom. The largest absolute Gasteiger partial charge is 0.385 e. The van der Waals surface area contributed by atoms with Crippen molar-refractivity contribution in [1.29, 1.82) is 0 Å². The van der Waals surface area contributed by atoms with Gasteiger partial charge in [-0.25, -0.2) is 4.68 Å². The third kappa shape index (κ3) is 5.98. The number of rotatable bonds is 9. The van der Waals surface area contributed by atoms with E-state index in [1.165, 1.54) is 0 Å². The van der Waals surface area contributed by atoms with Gasteiger partial charge in [0.1, 0.15) is 5.69 Å². The summed E-state index contributed by atoms with van der Waals surface area (Å²) < 4.78 is 6.82. The third-order valence-electron chi connectivity index (χ3n) is 6.78. The lowest BCUT2D eigenvalue weighted by Gasteiger charge is -2.34. The number of nitrogens with one attached hydrogen (secondary N) is 1. The van der Waals surface area contributed by atoms with Crippen LogP contribution in [0.1, 0.15) is 36.5 Å². The van der Waals surface area contributed by atoms with Crippen LogP contribution in [0.15, 0.2) is 66.9 Å². The van der Waals surface area contributed by atoms with E-state index in [0.29, 0.717) is 37.5 Å². The number of likely N-dealkylation sites (tertiary alicyclic amines) is 1. The second kappa shape index (κ2) is 11.8. The number of aromatic nitrogens is 2. The van der Waals surface area contributed by atoms with Crippen molar-refractivity contribution >= 4 is 11.8 Å². The van der Waals surface area contributed by atoms with Crippen molar-refractivity contribution in [3.63, 3.8) is 0 Å². The van der Waals surface area contributed by atoms with Gasteiger partial charge in [-0.15, -0.1) is 0 Å². The Hall–Kier alpha value is -3.45. The monoisotopic (exact) mass is 474 g/mol. The van der Waals surface area contributed by atoms with Crippen LogP contribution in [-0.2, 0) is 9.53 Å². The first-order valence-electron chi connectivity index (χ1n) is 12.3. The highest BCUT2D eigenvalue weighted by Crippen LogP contribution is 2.29. The van der Waals surface area contributed by atoms with Crippen molar-refractivity contribution in [1.82, 2.24) is 20.0 Å². The number of para-hydroxylation sites is 1. The summed E-state index contributed by atoms with van der Waals surface area (Å²) >= 11 is 0. The highest BCUT2D eigenvalue weighted by Gasteiger charge is 2.31. The highest BCUT2D eigenvalue weighted by atomic mass is 16.5. The molecule has 4 rings (SSSR count). The number of benzene rings is 2. The zero-order chi connectivity index (χ0) is 24.6. The van der Waals surface area contributed by atoms with Gasteiger partial charge in [-0.1, -0.05) is 55.5 Å². The number of hydrogen-bond acceptors (Lipinski definition) is 4. The van der Waals surface area contributed by atoms with Crippen molar-refractivity contribution in [2.24, 2.45) is 11.8 Å². The molecule has 1 aliphatic heterocycles. The van der Waals surface area contributed by atoms with Crippen LogP contribution in [0.4, 0.5) is 0 Å². The molecule has 2 amide bonds. The van der Waals surface area contributed by atoms with E-state index in [4.69, 9.17) is 9.84 Å². The Balaban J connectivity index is 1.45. The normalized spacial score (nSPS) is 15.1. The van der Waals surface area contributed by atoms with Crippen LogP contribution in [0, 0.1) is 11.8 Å². The van der Waals surface area contributed by atoms with Crippen molar-refractivity contribution in [2.75, 3.05) is 33.4 Å². The Morgan fingerprint density at radius 1 is 1.06 bits per heavy atom. The minimum Gasteiger partial charge on any atom is -0.385 e. The van der Waals surface area contributed by atoms with Crippen LogP contribution >= 0.6 is 0 Å². The summed E-state index contributed by atoms with van der Waals surface area (Å²) in [7, 11) is 1.66. The molecule has 1 aromatic heterocycles. The molecule has 0 bridgehead atoms. The molecule has 0 spiro atoms. The molecule has 1 saturated heterocycles. The summed E-state index contributed by atoms with van der Waals surface area (Å²) in [5.74, 6) is 0.264. The summed E-state index contributed by atoms with van der Waals surface area (Å²) in [6.07, 6.45) is 4.27. The SMILES string of the molecule is COCCCNC(=O)C(C)C1CCN(C(=O)c2cn(-c3ccccc3)nc2-c2ccccc2)CC1. The molecule has 184 valence electrons.